The standard InChI is InChI=1S/C21H29N3O5S/c1-13-15(11-22-12-16(25)29-21(2,3)4)30-19-17(13)18(26)24(14-7-6-8-14)20(27)23(19)9-10-28-5/h11,14H,6-10,12H2,1-5H3. The Morgan fingerprint density at radius 3 is 2.57 bits per heavy atom. The summed E-state index contributed by atoms with van der Waals surface area (Å²) < 4.78 is 13.5. The van der Waals surface area contributed by atoms with Gasteiger partial charge in [0.15, 0.2) is 0 Å². The van der Waals surface area contributed by atoms with Crippen molar-refractivity contribution in [3.8, 4) is 0 Å². The van der Waals surface area contributed by atoms with E-state index in [1.165, 1.54) is 15.9 Å². The van der Waals surface area contributed by atoms with Crippen molar-refractivity contribution in [3.63, 3.8) is 0 Å². The first-order chi connectivity index (χ1) is 14.1. The molecule has 0 unspecified atom stereocenters. The molecule has 0 spiro atoms. The maximum Gasteiger partial charge on any atom is 0.332 e. The number of carbonyl (C=O) groups is 1. The maximum absolute atomic E-state index is 13.2. The Hall–Kier alpha value is -2.26. The smallest absolute Gasteiger partial charge is 0.332 e. The molecule has 0 saturated heterocycles. The minimum Gasteiger partial charge on any atom is -0.459 e. The van der Waals surface area contributed by atoms with Crippen LogP contribution in [0.25, 0.3) is 10.2 Å². The van der Waals surface area contributed by atoms with E-state index in [4.69, 9.17) is 9.47 Å². The molecule has 0 N–H and O–H groups in total. The molecule has 9 heteroatoms. The highest BCUT2D eigenvalue weighted by Gasteiger charge is 2.27. The van der Waals surface area contributed by atoms with E-state index in [0.29, 0.717) is 23.4 Å². The number of aliphatic imine (C=N–C) groups is 1. The second kappa shape index (κ2) is 8.85. The van der Waals surface area contributed by atoms with Gasteiger partial charge in [-0.15, -0.1) is 11.3 Å². The Labute approximate surface area is 179 Å². The summed E-state index contributed by atoms with van der Waals surface area (Å²) in [7, 11) is 1.58. The lowest BCUT2D eigenvalue weighted by atomic mass is 9.93. The van der Waals surface area contributed by atoms with E-state index in [0.717, 1.165) is 29.7 Å². The second-order valence-electron chi connectivity index (χ2n) is 8.51. The van der Waals surface area contributed by atoms with Crippen LogP contribution < -0.4 is 11.2 Å². The van der Waals surface area contributed by atoms with Crippen LogP contribution in [0.15, 0.2) is 14.6 Å². The van der Waals surface area contributed by atoms with Crippen molar-refractivity contribution < 1.29 is 14.3 Å². The van der Waals surface area contributed by atoms with E-state index < -0.39 is 11.6 Å². The van der Waals surface area contributed by atoms with Gasteiger partial charge in [0.05, 0.1) is 23.4 Å². The Balaban J connectivity index is 2.02. The summed E-state index contributed by atoms with van der Waals surface area (Å²) in [6.07, 6.45) is 4.30. The van der Waals surface area contributed by atoms with Crippen molar-refractivity contribution >= 4 is 33.7 Å². The third-order valence-electron chi connectivity index (χ3n) is 5.09. The van der Waals surface area contributed by atoms with Gasteiger partial charge in [-0.25, -0.2) is 4.79 Å². The number of carbonyl (C=O) groups excluding carboxylic acids is 1. The summed E-state index contributed by atoms with van der Waals surface area (Å²) >= 11 is 1.33. The SMILES string of the molecule is COCCn1c(=O)n(C2CCC2)c(=O)c2c(C)c(C=NCC(=O)OC(C)(C)C)sc21. The number of nitrogens with zero attached hydrogens (tertiary/aromatic N) is 3. The Kier molecular flexibility index (Phi) is 6.62. The number of hydrogen-bond acceptors (Lipinski definition) is 7. The molecule has 2 heterocycles. The van der Waals surface area contributed by atoms with Gasteiger partial charge in [-0.05, 0) is 52.5 Å². The largest absolute Gasteiger partial charge is 0.459 e. The number of ether oxygens (including phenoxy) is 2. The fraction of sp³-hybridized carbons (Fsp3) is 0.619. The Morgan fingerprint density at radius 1 is 1.30 bits per heavy atom. The van der Waals surface area contributed by atoms with Crippen molar-refractivity contribution in [1.29, 1.82) is 0 Å². The fourth-order valence-corrected chi connectivity index (χ4v) is 4.64. The van der Waals surface area contributed by atoms with Gasteiger partial charge in [0.1, 0.15) is 17.0 Å². The molecule has 30 heavy (non-hydrogen) atoms. The molecule has 0 aromatic carbocycles. The zero-order chi connectivity index (χ0) is 22.1. The van der Waals surface area contributed by atoms with E-state index in [-0.39, 0.29) is 23.8 Å². The molecule has 0 amide bonds. The predicted molar refractivity (Wildman–Crippen MR) is 118 cm³/mol. The summed E-state index contributed by atoms with van der Waals surface area (Å²) in [5, 5.41) is 0.543. The number of methoxy groups -OCH3 is 1. The van der Waals surface area contributed by atoms with Crippen molar-refractivity contribution in [1.82, 2.24) is 9.13 Å². The lowest BCUT2D eigenvalue weighted by Crippen LogP contribution is -2.44. The molecule has 1 saturated carbocycles. The van der Waals surface area contributed by atoms with Crippen molar-refractivity contribution in [2.75, 3.05) is 20.3 Å². The first kappa shape index (κ1) is 22.4. The third kappa shape index (κ3) is 4.57. The van der Waals surface area contributed by atoms with Crippen LogP contribution >= 0.6 is 11.3 Å². The van der Waals surface area contributed by atoms with E-state index in [2.05, 4.69) is 4.99 Å². The van der Waals surface area contributed by atoms with Crippen LogP contribution in [0, 0.1) is 6.92 Å². The number of rotatable bonds is 7. The molecule has 8 nitrogen and oxygen atoms in total. The third-order valence-corrected chi connectivity index (χ3v) is 6.34. The van der Waals surface area contributed by atoms with Crippen LogP contribution in [0.4, 0.5) is 0 Å². The van der Waals surface area contributed by atoms with Crippen LogP contribution in [0.5, 0.6) is 0 Å². The molecule has 3 rings (SSSR count). The van der Waals surface area contributed by atoms with Gasteiger partial charge in [-0.1, -0.05) is 0 Å². The van der Waals surface area contributed by atoms with Gasteiger partial charge >= 0.3 is 11.7 Å². The first-order valence-corrected chi connectivity index (χ1v) is 10.9. The molecule has 0 aliphatic heterocycles. The quantitative estimate of drug-likeness (QED) is 0.492. The lowest BCUT2D eigenvalue weighted by molar-refractivity contribution is -0.152. The zero-order valence-corrected chi connectivity index (χ0v) is 19.0. The van der Waals surface area contributed by atoms with Gasteiger partial charge in [0.2, 0.25) is 0 Å². The van der Waals surface area contributed by atoms with Gasteiger partial charge in [0.25, 0.3) is 5.56 Å². The molecule has 2 aromatic rings. The summed E-state index contributed by atoms with van der Waals surface area (Å²) in [5.74, 6) is -0.415. The molecule has 0 atom stereocenters. The maximum atomic E-state index is 13.2. The molecule has 1 aliphatic carbocycles. The highest BCUT2D eigenvalue weighted by molar-refractivity contribution is 7.20. The minimum atomic E-state index is -0.565. The lowest BCUT2D eigenvalue weighted by Gasteiger charge is -2.27. The van der Waals surface area contributed by atoms with Crippen LogP contribution in [0.3, 0.4) is 0 Å². The highest BCUT2D eigenvalue weighted by Crippen LogP contribution is 2.31. The molecular formula is C21H29N3O5S. The topological polar surface area (TPSA) is 91.9 Å². The molecule has 164 valence electrons. The Bertz CT molecular complexity index is 1080. The normalized spacial score (nSPS) is 15.1. The summed E-state index contributed by atoms with van der Waals surface area (Å²) in [4.78, 5) is 43.7. The first-order valence-electron chi connectivity index (χ1n) is 10.1. The highest BCUT2D eigenvalue weighted by atomic mass is 32.1. The fourth-order valence-electron chi connectivity index (χ4n) is 3.43. The van der Waals surface area contributed by atoms with Crippen molar-refractivity contribution in [2.24, 2.45) is 4.99 Å². The Morgan fingerprint density at radius 2 is 2.00 bits per heavy atom. The number of thiophene rings is 1. The zero-order valence-electron chi connectivity index (χ0n) is 18.2. The molecule has 1 fully saturated rings. The predicted octanol–water partition coefficient (Wildman–Crippen LogP) is 2.67. The molecule has 1 aliphatic rings. The van der Waals surface area contributed by atoms with Crippen LogP contribution in [0.2, 0.25) is 0 Å². The number of aromatic nitrogens is 2. The molecule has 0 radical (unpaired) electrons. The monoisotopic (exact) mass is 435 g/mol. The van der Waals surface area contributed by atoms with Gasteiger partial charge in [-0.3, -0.25) is 23.7 Å². The van der Waals surface area contributed by atoms with Crippen molar-refractivity contribution in [3.05, 3.63) is 31.3 Å². The van der Waals surface area contributed by atoms with Crippen LogP contribution in [-0.2, 0) is 20.8 Å². The van der Waals surface area contributed by atoms with Crippen molar-refractivity contribution in [2.45, 2.75) is 65.1 Å². The summed E-state index contributed by atoms with van der Waals surface area (Å²) in [6, 6.07) is -0.0354. The molecule has 0 bridgehead atoms. The number of esters is 1. The van der Waals surface area contributed by atoms with E-state index in [1.54, 1.807) is 38.7 Å². The van der Waals surface area contributed by atoms with Crippen LogP contribution in [0.1, 0.15) is 56.5 Å². The van der Waals surface area contributed by atoms with Gasteiger partial charge in [-0.2, -0.15) is 0 Å². The number of hydrogen-bond donors (Lipinski definition) is 0. The molecular weight excluding hydrogens is 406 g/mol. The molecule has 2 aromatic heterocycles. The van der Waals surface area contributed by atoms with Gasteiger partial charge in [0, 0.05) is 19.4 Å². The van der Waals surface area contributed by atoms with Gasteiger partial charge < -0.3 is 9.47 Å². The van der Waals surface area contributed by atoms with E-state index in [9.17, 15) is 14.4 Å². The average molecular weight is 436 g/mol. The number of aryl methyl sites for hydroxylation is 1. The minimum absolute atomic E-state index is 0.0354. The average Bonchev–Trinajstić information content (AvgIpc) is 2.92. The number of fused-ring (bicyclic) bond motifs is 1. The van der Waals surface area contributed by atoms with E-state index in [1.807, 2.05) is 6.92 Å². The summed E-state index contributed by atoms with van der Waals surface area (Å²) in [6.45, 7) is 7.90. The summed E-state index contributed by atoms with van der Waals surface area (Å²) in [5.41, 5.74) is -0.321. The van der Waals surface area contributed by atoms with E-state index >= 15 is 0 Å². The second-order valence-corrected chi connectivity index (χ2v) is 9.55. The van der Waals surface area contributed by atoms with Crippen LogP contribution in [-0.4, -0.2) is 47.2 Å².